The molecule has 0 amide bonds. The zero-order chi connectivity index (χ0) is 12.1. The topological polar surface area (TPSA) is 58.6 Å². The van der Waals surface area contributed by atoms with Crippen LogP contribution in [0.15, 0.2) is 30.4 Å². The van der Waals surface area contributed by atoms with Gasteiger partial charge in [0.25, 0.3) is 0 Å². The lowest BCUT2D eigenvalue weighted by Gasteiger charge is -2.09. The minimum atomic E-state index is -1.04. The summed E-state index contributed by atoms with van der Waals surface area (Å²) in [5.41, 5.74) is 0.683. The zero-order valence-corrected chi connectivity index (χ0v) is 9.54. The molecule has 0 aliphatic heterocycles. The highest BCUT2D eigenvalue weighted by atomic mass is 35.5. The summed E-state index contributed by atoms with van der Waals surface area (Å²) < 4.78 is 5.03. The molecule has 0 aliphatic carbocycles. The Hall–Kier alpha value is -1.68. The maximum Gasteiger partial charge on any atom is 0.332 e. The molecule has 0 fully saturated rings. The standard InChI is InChI=1S/C11H12ClNO3/c1-7(11(14)15)6-13-10-5-8(16-2)3-4-9(10)12/h3-5,13H,1,6H2,2H3,(H,14,15). The molecule has 0 radical (unpaired) electrons. The molecule has 0 heterocycles. The van der Waals surface area contributed by atoms with Crippen LogP contribution in [-0.2, 0) is 4.79 Å². The highest BCUT2D eigenvalue weighted by Gasteiger charge is 2.06. The number of benzene rings is 1. The number of ether oxygens (including phenoxy) is 1. The van der Waals surface area contributed by atoms with Crippen molar-refractivity contribution < 1.29 is 14.6 Å². The van der Waals surface area contributed by atoms with Crippen molar-refractivity contribution in [2.45, 2.75) is 0 Å². The fourth-order valence-corrected chi connectivity index (χ4v) is 1.23. The number of aliphatic carboxylic acids is 1. The normalized spacial score (nSPS) is 9.62. The minimum absolute atomic E-state index is 0.0684. The van der Waals surface area contributed by atoms with E-state index in [2.05, 4.69) is 11.9 Å². The number of carboxylic acids is 1. The maximum atomic E-state index is 10.5. The van der Waals surface area contributed by atoms with Crippen molar-refractivity contribution in [1.29, 1.82) is 0 Å². The fourth-order valence-electron chi connectivity index (χ4n) is 1.04. The number of hydrogen-bond acceptors (Lipinski definition) is 3. The van der Waals surface area contributed by atoms with E-state index in [1.165, 1.54) is 0 Å². The molecular formula is C11H12ClNO3. The average Bonchev–Trinajstić information content (AvgIpc) is 2.27. The Morgan fingerprint density at radius 2 is 2.31 bits per heavy atom. The number of methoxy groups -OCH3 is 1. The van der Waals surface area contributed by atoms with Gasteiger partial charge in [-0.25, -0.2) is 4.79 Å². The van der Waals surface area contributed by atoms with Gasteiger partial charge >= 0.3 is 5.97 Å². The smallest absolute Gasteiger partial charge is 0.332 e. The van der Waals surface area contributed by atoms with Crippen LogP contribution in [-0.4, -0.2) is 24.7 Å². The molecular weight excluding hydrogens is 230 g/mol. The lowest BCUT2D eigenvalue weighted by atomic mass is 10.2. The molecule has 0 unspecified atom stereocenters. The first-order chi connectivity index (χ1) is 7.54. The molecule has 0 spiro atoms. The number of hydrogen-bond donors (Lipinski definition) is 2. The van der Waals surface area contributed by atoms with Crippen molar-refractivity contribution in [1.82, 2.24) is 0 Å². The van der Waals surface area contributed by atoms with E-state index in [1.54, 1.807) is 25.3 Å². The number of carboxylic acid groups (broad SMARTS) is 1. The van der Waals surface area contributed by atoms with Crippen LogP contribution in [0.25, 0.3) is 0 Å². The van der Waals surface area contributed by atoms with Gasteiger partial charge in [-0.05, 0) is 12.1 Å². The van der Waals surface area contributed by atoms with E-state index in [4.69, 9.17) is 21.4 Å². The molecule has 0 bridgehead atoms. The molecule has 0 saturated carbocycles. The average molecular weight is 242 g/mol. The predicted octanol–water partition coefficient (Wildman–Crippen LogP) is 2.40. The van der Waals surface area contributed by atoms with Gasteiger partial charge in [-0.3, -0.25) is 0 Å². The van der Waals surface area contributed by atoms with Gasteiger partial charge in [0.1, 0.15) is 5.75 Å². The van der Waals surface area contributed by atoms with Crippen LogP contribution in [0.5, 0.6) is 5.75 Å². The van der Waals surface area contributed by atoms with Gasteiger partial charge < -0.3 is 15.2 Å². The molecule has 1 aromatic rings. The summed E-state index contributed by atoms with van der Waals surface area (Å²) in [6, 6.07) is 5.09. The second-order valence-electron chi connectivity index (χ2n) is 3.11. The number of rotatable bonds is 5. The van der Waals surface area contributed by atoms with Crippen molar-refractivity contribution in [3.63, 3.8) is 0 Å². The summed E-state index contributed by atoms with van der Waals surface area (Å²) in [6.07, 6.45) is 0. The van der Waals surface area contributed by atoms with E-state index in [-0.39, 0.29) is 12.1 Å². The van der Waals surface area contributed by atoms with E-state index in [9.17, 15) is 4.79 Å². The number of nitrogens with one attached hydrogen (secondary N) is 1. The van der Waals surface area contributed by atoms with Crippen LogP contribution in [0.1, 0.15) is 0 Å². The number of halogens is 1. The predicted molar refractivity (Wildman–Crippen MR) is 63.3 cm³/mol. The molecule has 1 aromatic carbocycles. The first-order valence-electron chi connectivity index (χ1n) is 4.53. The first-order valence-corrected chi connectivity index (χ1v) is 4.91. The van der Waals surface area contributed by atoms with Crippen molar-refractivity contribution in [2.75, 3.05) is 19.0 Å². The Morgan fingerprint density at radius 3 is 2.88 bits per heavy atom. The highest BCUT2D eigenvalue weighted by molar-refractivity contribution is 6.33. The summed E-state index contributed by atoms with van der Waals surface area (Å²) in [4.78, 5) is 10.5. The third-order valence-corrected chi connectivity index (χ3v) is 2.30. The summed E-state index contributed by atoms with van der Waals surface area (Å²) >= 11 is 5.92. The highest BCUT2D eigenvalue weighted by Crippen LogP contribution is 2.26. The minimum Gasteiger partial charge on any atom is -0.497 e. The lowest BCUT2D eigenvalue weighted by Crippen LogP contribution is -2.11. The van der Waals surface area contributed by atoms with Crippen LogP contribution in [0, 0.1) is 0 Å². The summed E-state index contributed by atoms with van der Waals surface area (Å²) in [7, 11) is 1.54. The third kappa shape index (κ3) is 3.17. The summed E-state index contributed by atoms with van der Waals surface area (Å²) in [5, 5.41) is 12.0. The fraction of sp³-hybridized carbons (Fsp3) is 0.182. The van der Waals surface area contributed by atoms with Gasteiger partial charge in [-0.1, -0.05) is 18.2 Å². The van der Waals surface area contributed by atoms with E-state index in [1.807, 2.05) is 0 Å². The molecule has 16 heavy (non-hydrogen) atoms. The SMILES string of the molecule is C=C(CNc1cc(OC)ccc1Cl)C(=O)O. The molecule has 0 atom stereocenters. The monoisotopic (exact) mass is 241 g/mol. The van der Waals surface area contributed by atoms with Crippen molar-refractivity contribution in [2.24, 2.45) is 0 Å². The van der Waals surface area contributed by atoms with Gasteiger partial charge in [0.05, 0.1) is 17.8 Å². The van der Waals surface area contributed by atoms with Crippen LogP contribution in [0.2, 0.25) is 5.02 Å². The van der Waals surface area contributed by atoms with Gasteiger partial charge in [0.2, 0.25) is 0 Å². The quantitative estimate of drug-likeness (QED) is 0.778. The Labute approximate surface area is 98.5 Å². The Kier molecular flexibility index (Phi) is 4.19. The molecule has 0 saturated heterocycles. The van der Waals surface area contributed by atoms with Gasteiger partial charge in [-0.2, -0.15) is 0 Å². The van der Waals surface area contributed by atoms with Crippen molar-refractivity contribution in [3.05, 3.63) is 35.4 Å². The van der Waals surface area contributed by atoms with E-state index in [0.29, 0.717) is 16.5 Å². The summed E-state index contributed by atoms with van der Waals surface area (Å²) in [6.45, 7) is 3.53. The van der Waals surface area contributed by atoms with Crippen LogP contribution in [0.4, 0.5) is 5.69 Å². The van der Waals surface area contributed by atoms with Crippen molar-refractivity contribution in [3.8, 4) is 5.75 Å². The van der Waals surface area contributed by atoms with Crippen LogP contribution >= 0.6 is 11.6 Å². The van der Waals surface area contributed by atoms with Gasteiger partial charge in [-0.15, -0.1) is 0 Å². The number of anilines is 1. The van der Waals surface area contributed by atoms with E-state index in [0.717, 1.165) is 0 Å². The molecule has 0 aromatic heterocycles. The molecule has 5 heteroatoms. The van der Waals surface area contributed by atoms with Crippen LogP contribution < -0.4 is 10.1 Å². The second kappa shape index (κ2) is 5.42. The number of carbonyl (C=O) groups is 1. The molecule has 0 aliphatic rings. The third-order valence-electron chi connectivity index (χ3n) is 1.97. The Morgan fingerprint density at radius 1 is 1.62 bits per heavy atom. The molecule has 4 nitrogen and oxygen atoms in total. The van der Waals surface area contributed by atoms with E-state index >= 15 is 0 Å². The van der Waals surface area contributed by atoms with Crippen LogP contribution in [0.3, 0.4) is 0 Å². The maximum absolute atomic E-state index is 10.5. The van der Waals surface area contributed by atoms with Crippen molar-refractivity contribution >= 4 is 23.3 Å². The largest absolute Gasteiger partial charge is 0.497 e. The molecule has 1 rings (SSSR count). The molecule has 2 N–H and O–H groups in total. The zero-order valence-electron chi connectivity index (χ0n) is 8.79. The second-order valence-corrected chi connectivity index (χ2v) is 3.52. The Bertz CT molecular complexity index is 418. The van der Waals surface area contributed by atoms with Gasteiger partial charge in [0, 0.05) is 18.2 Å². The van der Waals surface area contributed by atoms with E-state index < -0.39 is 5.97 Å². The summed E-state index contributed by atoms with van der Waals surface area (Å²) in [5.74, 6) is -0.389. The Balaban J connectivity index is 2.73. The van der Waals surface area contributed by atoms with Gasteiger partial charge in [0.15, 0.2) is 0 Å². The first kappa shape index (κ1) is 12.4. The lowest BCUT2D eigenvalue weighted by molar-refractivity contribution is -0.132. The molecule has 86 valence electrons.